The highest BCUT2D eigenvalue weighted by Crippen LogP contribution is 2.26. The van der Waals surface area contributed by atoms with Crippen molar-refractivity contribution in [1.82, 2.24) is 4.90 Å². The molecule has 0 aromatic carbocycles. The molecule has 1 N–H and O–H groups in total. The van der Waals surface area contributed by atoms with Crippen molar-refractivity contribution >= 4 is 18.0 Å². The number of hydrogen-bond acceptors (Lipinski definition) is 4. The monoisotopic (exact) mass is 243 g/mol. The molecular formula is C11H17NO5. The average Bonchev–Trinajstić information content (AvgIpc) is 2.40. The first-order valence-corrected chi connectivity index (χ1v) is 5.42. The molecule has 1 aliphatic rings. The Morgan fingerprint density at radius 1 is 1.41 bits per heavy atom. The molecule has 6 heteroatoms. The van der Waals surface area contributed by atoms with Crippen molar-refractivity contribution in [3.63, 3.8) is 0 Å². The Bertz CT molecular complexity index is 357. The molecular weight excluding hydrogens is 226 g/mol. The van der Waals surface area contributed by atoms with E-state index in [0.717, 1.165) is 0 Å². The number of ether oxygens (including phenoxy) is 1. The molecule has 2 amide bonds. The molecule has 1 heterocycles. The highest BCUT2D eigenvalue weighted by Gasteiger charge is 2.46. The molecule has 1 saturated heterocycles. The molecule has 17 heavy (non-hydrogen) atoms. The predicted molar refractivity (Wildman–Crippen MR) is 58.3 cm³/mol. The van der Waals surface area contributed by atoms with Crippen molar-refractivity contribution in [3.8, 4) is 0 Å². The van der Waals surface area contributed by atoms with Gasteiger partial charge in [-0.25, -0.2) is 14.5 Å². The van der Waals surface area contributed by atoms with Crippen LogP contribution in [0.1, 0.15) is 34.1 Å². The number of likely N-dealkylation sites (tertiary alicyclic amines) is 1. The number of carboxylic acids is 1. The number of aliphatic carboxylic acids is 1. The number of imide groups is 1. The summed E-state index contributed by atoms with van der Waals surface area (Å²) in [5, 5.41) is 8.96. The van der Waals surface area contributed by atoms with E-state index in [1.807, 2.05) is 0 Å². The summed E-state index contributed by atoms with van der Waals surface area (Å²) in [6.45, 7) is 6.57. The number of carboxylic acid groups (broad SMARTS) is 1. The van der Waals surface area contributed by atoms with Crippen LogP contribution in [0.15, 0.2) is 0 Å². The molecule has 6 nitrogen and oxygen atoms in total. The molecule has 0 bridgehead atoms. The maximum Gasteiger partial charge on any atom is 0.417 e. The fourth-order valence-corrected chi connectivity index (χ4v) is 1.67. The van der Waals surface area contributed by atoms with Gasteiger partial charge in [0.25, 0.3) is 0 Å². The molecule has 1 fully saturated rings. The fraction of sp³-hybridized carbons (Fsp3) is 0.727. The second kappa shape index (κ2) is 4.35. The van der Waals surface area contributed by atoms with E-state index in [2.05, 4.69) is 0 Å². The van der Waals surface area contributed by atoms with Crippen LogP contribution in [0.25, 0.3) is 0 Å². The lowest BCUT2D eigenvalue weighted by atomic mass is 10.1. The first-order valence-electron chi connectivity index (χ1n) is 5.42. The Balaban J connectivity index is 2.89. The Kier molecular flexibility index (Phi) is 3.45. The number of amides is 2. The van der Waals surface area contributed by atoms with Gasteiger partial charge in [0.1, 0.15) is 11.6 Å². The van der Waals surface area contributed by atoms with E-state index in [1.165, 1.54) is 0 Å². The maximum atomic E-state index is 11.8. The van der Waals surface area contributed by atoms with Crippen LogP contribution in [0.5, 0.6) is 0 Å². The normalized spacial score (nSPS) is 24.9. The van der Waals surface area contributed by atoms with Gasteiger partial charge in [0.2, 0.25) is 5.91 Å². The summed E-state index contributed by atoms with van der Waals surface area (Å²) in [5.74, 6) is -2.15. The average molecular weight is 243 g/mol. The van der Waals surface area contributed by atoms with Crippen LogP contribution in [0.2, 0.25) is 0 Å². The first-order chi connectivity index (χ1) is 7.63. The Labute approximate surface area is 99.5 Å². The standard InChI is InChI=1S/C11H17NO5/c1-6-5-7(9(14)15)12(8(6)13)10(16)17-11(2,3)4/h6-7H,5H2,1-4H3,(H,14,15). The summed E-state index contributed by atoms with van der Waals surface area (Å²) in [4.78, 5) is 35.1. The molecule has 0 aromatic heterocycles. The summed E-state index contributed by atoms with van der Waals surface area (Å²) in [6, 6.07) is -1.12. The van der Waals surface area contributed by atoms with E-state index in [0.29, 0.717) is 4.90 Å². The SMILES string of the molecule is CC1CC(C(=O)O)N(C(=O)OC(C)(C)C)C1=O. The number of nitrogens with zero attached hydrogens (tertiary/aromatic N) is 1. The molecule has 0 spiro atoms. The van der Waals surface area contributed by atoms with Gasteiger partial charge in [0.15, 0.2) is 0 Å². The third-order valence-electron chi connectivity index (χ3n) is 2.42. The van der Waals surface area contributed by atoms with Crippen molar-refractivity contribution in [2.24, 2.45) is 5.92 Å². The van der Waals surface area contributed by atoms with E-state index in [4.69, 9.17) is 9.84 Å². The molecule has 1 aliphatic heterocycles. The molecule has 0 aromatic rings. The van der Waals surface area contributed by atoms with E-state index >= 15 is 0 Å². The third-order valence-corrected chi connectivity index (χ3v) is 2.42. The van der Waals surface area contributed by atoms with Gasteiger partial charge < -0.3 is 9.84 Å². The topological polar surface area (TPSA) is 83.9 Å². The number of carbonyl (C=O) groups is 3. The van der Waals surface area contributed by atoms with Gasteiger partial charge in [-0.15, -0.1) is 0 Å². The minimum absolute atomic E-state index is 0.132. The largest absolute Gasteiger partial charge is 0.480 e. The summed E-state index contributed by atoms with van der Waals surface area (Å²) in [5.41, 5.74) is -0.758. The zero-order valence-electron chi connectivity index (χ0n) is 10.4. The second-order valence-corrected chi connectivity index (χ2v) is 5.18. The lowest BCUT2D eigenvalue weighted by Crippen LogP contribution is -2.45. The number of hydrogen-bond donors (Lipinski definition) is 1. The van der Waals surface area contributed by atoms with E-state index in [1.54, 1.807) is 27.7 Å². The van der Waals surface area contributed by atoms with Crippen LogP contribution in [-0.4, -0.2) is 39.6 Å². The van der Waals surface area contributed by atoms with Gasteiger partial charge in [-0.2, -0.15) is 0 Å². The zero-order chi connectivity index (χ0) is 13.4. The summed E-state index contributed by atoms with van der Waals surface area (Å²) in [7, 11) is 0. The van der Waals surface area contributed by atoms with Gasteiger partial charge in [-0.3, -0.25) is 4.79 Å². The highest BCUT2D eigenvalue weighted by molar-refractivity contribution is 6.00. The van der Waals surface area contributed by atoms with Gasteiger partial charge >= 0.3 is 12.1 Å². The van der Waals surface area contributed by atoms with E-state index < -0.39 is 35.5 Å². The molecule has 0 saturated carbocycles. The van der Waals surface area contributed by atoms with Gasteiger partial charge in [-0.1, -0.05) is 6.92 Å². The Morgan fingerprint density at radius 3 is 2.35 bits per heavy atom. The molecule has 0 aliphatic carbocycles. The van der Waals surface area contributed by atoms with Crippen LogP contribution in [0, 0.1) is 5.92 Å². The van der Waals surface area contributed by atoms with Gasteiger partial charge in [0.05, 0.1) is 0 Å². The first kappa shape index (κ1) is 13.5. The van der Waals surface area contributed by atoms with Crippen LogP contribution >= 0.6 is 0 Å². The van der Waals surface area contributed by atoms with Crippen LogP contribution in [0.4, 0.5) is 4.79 Å². The summed E-state index contributed by atoms with van der Waals surface area (Å²) >= 11 is 0. The maximum absolute atomic E-state index is 11.8. The molecule has 2 atom stereocenters. The van der Waals surface area contributed by atoms with Crippen LogP contribution in [-0.2, 0) is 14.3 Å². The lowest BCUT2D eigenvalue weighted by molar-refractivity contribution is -0.145. The predicted octanol–water partition coefficient (Wildman–Crippen LogP) is 1.24. The molecule has 96 valence electrons. The van der Waals surface area contributed by atoms with Crippen molar-refractivity contribution in [2.45, 2.75) is 45.8 Å². The summed E-state index contributed by atoms with van der Waals surface area (Å²) < 4.78 is 5.02. The van der Waals surface area contributed by atoms with Crippen LogP contribution in [0.3, 0.4) is 0 Å². The highest BCUT2D eigenvalue weighted by atomic mass is 16.6. The quantitative estimate of drug-likeness (QED) is 0.749. The third kappa shape index (κ3) is 2.95. The minimum atomic E-state index is -1.19. The van der Waals surface area contributed by atoms with Gasteiger partial charge in [-0.05, 0) is 27.2 Å². The molecule has 1 rings (SSSR count). The van der Waals surface area contributed by atoms with Crippen molar-refractivity contribution < 1.29 is 24.2 Å². The zero-order valence-corrected chi connectivity index (χ0v) is 10.4. The molecule has 2 unspecified atom stereocenters. The Morgan fingerprint density at radius 2 is 1.94 bits per heavy atom. The fourth-order valence-electron chi connectivity index (χ4n) is 1.67. The Hall–Kier alpha value is -1.59. The smallest absolute Gasteiger partial charge is 0.417 e. The lowest BCUT2D eigenvalue weighted by Gasteiger charge is -2.25. The van der Waals surface area contributed by atoms with Crippen molar-refractivity contribution in [3.05, 3.63) is 0 Å². The summed E-state index contributed by atoms with van der Waals surface area (Å²) in [6.07, 6.45) is -0.757. The van der Waals surface area contributed by atoms with Crippen molar-refractivity contribution in [1.29, 1.82) is 0 Å². The van der Waals surface area contributed by atoms with E-state index in [9.17, 15) is 14.4 Å². The van der Waals surface area contributed by atoms with Gasteiger partial charge in [0, 0.05) is 5.92 Å². The molecule has 0 radical (unpaired) electrons. The van der Waals surface area contributed by atoms with Crippen molar-refractivity contribution in [2.75, 3.05) is 0 Å². The number of carbonyl (C=O) groups excluding carboxylic acids is 2. The number of rotatable bonds is 1. The second-order valence-electron chi connectivity index (χ2n) is 5.18. The minimum Gasteiger partial charge on any atom is -0.480 e. The van der Waals surface area contributed by atoms with Crippen LogP contribution < -0.4 is 0 Å². The van der Waals surface area contributed by atoms with E-state index in [-0.39, 0.29) is 6.42 Å².